The van der Waals surface area contributed by atoms with Gasteiger partial charge in [-0.3, -0.25) is 9.59 Å². The van der Waals surface area contributed by atoms with Crippen LogP contribution in [0.1, 0.15) is 53.6 Å². The third-order valence-electron chi connectivity index (χ3n) is 6.56. The number of fused-ring (bicyclic) bond motifs is 1. The number of carbonyl (C=O) groups is 3. The predicted molar refractivity (Wildman–Crippen MR) is 171 cm³/mol. The SMILES string of the molecule is CCOC(=O)c1c(NC(=O)C(CC)Sc2cccc(NC(=S)Nc3ccc(C)cc3)c2)sc2c1CCN(C(C)=O)C2. The largest absolute Gasteiger partial charge is 0.462 e. The van der Waals surface area contributed by atoms with Crippen LogP contribution < -0.4 is 16.0 Å². The van der Waals surface area contributed by atoms with Crippen molar-refractivity contribution in [3.63, 3.8) is 0 Å². The summed E-state index contributed by atoms with van der Waals surface area (Å²) in [5.74, 6) is -0.663. The first-order valence-corrected chi connectivity index (χ1v) is 15.6. The first kappa shape index (κ1) is 30.5. The summed E-state index contributed by atoms with van der Waals surface area (Å²) in [6.45, 7) is 8.46. The van der Waals surface area contributed by atoms with Crippen molar-refractivity contribution < 1.29 is 19.1 Å². The van der Waals surface area contributed by atoms with Gasteiger partial charge in [0.25, 0.3) is 0 Å². The molecule has 8 nitrogen and oxygen atoms in total. The van der Waals surface area contributed by atoms with Gasteiger partial charge in [0.1, 0.15) is 5.00 Å². The van der Waals surface area contributed by atoms with Crippen molar-refractivity contribution in [3.05, 3.63) is 70.1 Å². The number of benzene rings is 2. The Kier molecular flexibility index (Phi) is 10.4. The van der Waals surface area contributed by atoms with Crippen molar-refractivity contribution in [2.45, 2.75) is 57.2 Å². The van der Waals surface area contributed by atoms with Crippen molar-refractivity contribution in [2.75, 3.05) is 29.1 Å². The van der Waals surface area contributed by atoms with Gasteiger partial charge >= 0.3 is 5.97 Å². The van der Waals surface area contributed by atoms with Crippen LogP contribution in [0.2, 0.25) is 0 Å². The molecule has 2 amide bonds. The molecule has 3 N–H and O–H groups in total. The Hall–Kier alpha value is -3.41. The van der Waals surface area contributed by atoms with Gasteiger partial charge in [-0.2, -0.15) is 0 Å². The van der Waals surface area contributed by atoms with Gasteiger partial charge in [0.15, 0.2) is 5.11 Å². The number of thiocarbonyl (C=S) groups is 1. The van der Waals surface area contributed by atoms with Crippen LogP contribution in [0.5, 0.6) is 0 Å². The standard InChI is InChI=1S/C30H34N4O4S3/c1-5-24(40-22-9-7-8-21(16-22)32-30(39)31-20-12-10-18(3)11-13-20)27(36)33-28-26(29(37)38-6-2)23-14-15-34(19(4)35)17-25(23)41-28/h7-13,16,24H,5-6,14-15,17H2,1-4H3,(H,33,36)(H2,31,32,39). The first-order valence-electron chi connectivity index (χ1n) is 13.5. The predicted octanol–water partition coefficient (Wildman–Crippen LogP) is 6.46. The summed E-state index contributed by atoms with van der Waals surface area (Å²) in [6, 6.07) is 15.7. The average molecular weight is 611 g/mol. The van der Waals surface area contributed by atoms with Crippen LogP contribution in [0, 0.1) is 6.92 Å². The Morgan fingerprint density at radius 3 is 2.49 bits per heavy atom. The minimum absolute atomic E-state index is 0.0156. The minimum atomic E-state index is -0.453. The maximum Gasteiger partial charge on any atom is 0.341 e. The molecule has 11 heteroatoms. The Bertz CT molecular complexity index is 1440. The van der Waals surface area contributed by atoms with Crippen LogP contribution in [0.25, 0.3) is 0 Å². The molecule has 0 aliphatic carbocycles. The van der Waals surface area contributed by atoms with Crippen LogP contribution in [-0.4, -0.2) is 46.2 Å². The van der Waals surface area contributed by atoms with Gasteiger partial charge in [0.2, 0.25) is 11.8 Å². The van der Waals surface area contributed by atoms with E-state index in [-0.39, 0.29) is 18.4 Å². The zero-order valence-corrected chi connectivity index (χ0v) is 26.0. The molecular weight excluding hydrogens is 577 g/mol. The normalized spacial score (nSPS) is 13.1. The zero-order valence-electron chi connectivity index (χ0n) is 23.5. The fourth-order valence-electron chi connectivity index (χ4n) is 4.44. The highest BCUT2D eigenvalue weighted by atomic mass is 32.2. The number of rotatable bonds is 9. The van der Waals surface area contributed by atoms with Crippen LogP contribution in [-0.2, 0) is 27.3 Å². The lowest BCUT2D eigenvalue weighted by Crippen LogP contribution is -2.34. The molecule has 1 aromatic heterocycles. The number of carbonyl (C=O) groups excluding carboxylic acids is 3. The van der Waals surface area contributed by atoms with Crippen LogP contribution in [0.4, 0.5) is 16.4 Å². The van der Waals surface area contributed by atoms with E-state index in [9.17, 15) is 14.4 Å². The highest BCUT2D eigenvalue weighted by molar-refractivity contribution is 8.00. The number of hydrogen-bond donors (Lipinski definition) is 3. The number of thiophene rings is 1. The fourth-order valence-corrected chi connectivity index (χ4v) is 6.94. The van der Waals surface area contributed by atoms with Crippen molar-refractivity contribution in [2.24, 2.45) is 0 Å². The Balaban J connectivity index is 1.46. The smallest absolute Gasteiger partial charge is 0.341 e. The molecule has 0 spiro atoms. The van der Waals surface area contributed by atoms with Gasteiger partial charge in [0, 0.05) is 34.6 Å². The van der Waals surface area contributed by atoms with Gasteiger partial charge in [0.05, 0.1) is 24.0 Å². The average Bonchev–Trinajstić information content (AvgIpc) is 3.30. The summed E-state index contributed by atoms with van der Waals surface area (Å²) in [4.78, 5) is 41.9. The van der Waals surface area contributed by atoms with E-state index in [1.54, 1.807) is 11.8 Å². The highest BCUT2D eigenvalue weighted by Gasteiger charge is 2.31. The second-order valence-electron chi connectivity index (χ2n) is 9.60. The van der Waals surface area contributed by atoms with E-state index in [1.807, 2.05) is 62.4 Å². The molecule has 0 fully saturated rings. The summed E-state index contributed by atoms with van der Waals surface area (Å²) in [5, 5.41) is 9.94. The van der Waals surface area contributed by atoms with E-state index in [0.717, 1.165) is 26.7 Å². The summed E-state index contributed by atoms with van der Waals surface area (Å²) >= 11 is 8.27. The minimum Gasteiger partial charge on any atom is -0.462 e. The van der Waals surface area contributed by atoms with Crippen molar-refractivity contribution in [3.8, 4) is 0 Å². The third kappa shape index (κ3) is 7.87. The fraction of sp³-hybridized carbons (Fsp3) is 0.333. The molecule has 2 heterocycles. The van der Waals surface area contributed by atoms with Gasteiger partial charge in [-0.05, 0) is 74.8 Å². The number of thioether (sulfide) groups is 1. The van der Waals surface area contributed by atoms with E-state index >= 15 is 0 Å². The molecule has 1 aliphatic heterocycles. The van der Waals surface area contributed by atoms with Gasteiger partial charge in [-0.25, -0.2) is 4.79 Å². The molecule has 3 aromatic rings. The Labute approximate surface area is 254 Å². The van der Waals surface area contributed by atoms with Crippen molar-refractivity contribution in [1.29, 1.82) is 0 Å². The third-order valence-corrected chi connectivity index (χ3v) is 9.26. The Morgan fingerprint density at radius 1 is 1.07 bits per heavy atom. The lowest BCUT2D eigenvalue weighted by atomic mass is 10.0. The van der Waals surface area contributed by atoms with E-state index < -0.39 is 11.2 Å². The molecule has 1 aliphatic rings. The van der Waals surface area contributed by atoms with E-state index in [2.05, 4.69) is 16.0 Å². The number of nitrogens with one attached hydrogen (secondary N) is 3. The van der Waals surface area contributed by atoms with Crippen molar-refractivity contribution >= 4 is 74.6 Å². The maximum atomic E-state index is 13.5. The molecule has 1 unspecified atom stereocenters. The number of nitrogens with zero attached hydrogens (tertiary/aromatic N) is 1. The van der Waals surface area contributed by atoms with E-state index in [4.69, 9.17) is 17.0 Å². The molecule has 4 rings (SSSR count). The second kappa shape index (κ2) is 14.0. The molecular formula is C30H34N4O4S3. The number of hydrogen-bond acceptors (Lipinski definition) is 7. The number of esters is 1. The number of amides is 2. The summed E-state index contributed by atoms with van der Waals surface area (Å²) in [7, 11) is 0. The summed E-state index contributed by atoms with van der Waals surface area (Å²) in [6.07, 6.45) is 1.13. The van der Waals surface area contributed by atoms with Crippen LogP contribution in [0.3, 0.4) is 0 Å². The van der Waals surface area contributed by atoms with Gasteiger partial charge in [-0.1, -0.05) is 30.7 Å². The zero-order chi connectivity index (χ0) is 29.5. The van der Waals surface area contributed by atoms with Crippen LogP contribution in [0.15, 0.2) is 53.4 Å². The quantitative estimate of drug-likeness (QED) is 0.144. The first-order chi connectivity index (χ1) is 19.7. The maximum absolute atomic E-state index is 13.5. The highest BCUT2D eigenvalue weighted by Crippen LogP contribution is 2.38. The molecule has 216 valence electrons. The van der Waals surface area contributed by atoms with Gasteiger partial charge in [-0.15, -0.1) is 23.1 Å². The topological polar surface area (TPSA) is 99.8 Å². The van der Waals surface area contributed by atoms with Crippen molar-refractivity contribution in [1.82, 2.24) is 4.90 Å². The number of ether oxygens (including phenoxy) is 1. The summed E-state index contributed by atoms with van der Waals surface area (Å²) < 4.78 is 5.33. The monoisotopic (exact) mass is 610 g/mol. The molecule has 0 saturated heterocycles. The van der Waals surface area contributed by atoms with Crippen LogP contribution >= 0.6 is 35.3 Å². The summed E-state index contributed by atoms with van der Waals surface area (Å²) in [5.41, 5.74) is 4.14. The molecule has 0 saturated carbocycles. The number of anilines is 3. The molecule has 0 bridgehead atoms. The number of aryl methyl sites for hydroxylation is 1. The van der Waals surface area contributed by atoms with Gasteiger partial charge < -0.3 is 25.6 Å². The lowest BCUT2D eigenvalue weighted by Gasteiger charge is -2.25. The molecule has 41 heavy (non-hydrogen) atoms. The second-order valence-corrected chi connectivity index (χ2v) is 12.4. The molecule has 1 atom stereocenters. The lowest BCUT2D eigenvalue weighted by molar-refractivity contribution is -0.129. The Morgan fingerprint density at radius 2 is 1.80 bits per heavy atom. The molecule has 0 radical (unpaired) electrons. The van der Waals surface area contributed by atoms with E-state index in [1.165, 1.54) is 35.6 Å². The molecule has 2 aromatic carbocycles. The van der Waals surface area contributed by atoms with E-state index in [0.29, 0.717) is 41.6 Å².